The summed E-state index contributed by atoms with van der Waals surface area (Å²) in [6, 6.07) is 13.2. The highest BCUT2D eigenvalue weighted by Gasteiger charge is 2.36. The Hall–Kier alpha value is -7.37. The third-order valence-electron chi connectivity index (χ3n) is 12.7. The van der Waals surface area contributed by atoms with Crippen molar-refractivity contribution in [2.45, 2.75) is 51.4 Å². The fourth-order valence-electron chi connectivity index (χ4n) is 10.3. The van der Waals surface area contributed by atoms with Crippen molar-refractivity contribution < 1.29 is 58.7 Å². The molecule has 65 heavy (non-hydrogen) atoms. The van der Waals surface area contributed by atoms with Gasteiger partial charge in [0.05, 0.1) is 27.9 Å². The first kappa shape index (κ1) is 42.9. The smallest absolute Gasteiger partial charge is 0.323 e. The molecular formula is C47H48N5O13+. The summed E-state index contributed by atoms with van der Waals surface area (Å²) in [4.78, 5) is 63.4. The minimum absolute atomic E-state index is 0.0147. The van der Waals surface area contributed by atoms with E-state index in [2.05, 4.69) is 21.6 Å². The highest BCUT2D eigenvalue weighted by molar-refractivity contribution is 5.91. The largest absolute Gasteiger partial charge is 0.488 e. The first-order valence-electron chi connectivity index (χ1n) is 21.8. The number of fused-ring (bicyclic) bond motifs is 4. The van der Waals surface area contributed by atoms with E-state index in [9.17, 15) is 49.7 Å². The first-order chi connectivity index (χ1) is 31.3. The molecule has 0 radical (unpaired) electrons. The summed E-state index contributed by atoms with van der Waals surface area (Å²) in [6.07, 6.45) is 7.59. The first-order valence-corrected chi connectivity index (χ1v) is 21.8. The maximum Gasteiger partial charge on any atom is 0.323 e. The number of carboxylic acids is 4. The van der Waals surface area contributed by atoms with E-state index in [0.29, 0.717) is 0 Å². The van der Waals surface area contributed by atoms with Gasteiger partial charge in [0.2, 0.25) is 5.36 Å². The Morgan fingerprint density at radius 1 is 0.692 bits per heavy atom. The number of nitrogens with zero attached hydrogens (tertiary/aromatic N) is 5. The number of ether oxygens (including phenoxy) is 3. The van der Waals surface area contributed by atoms with Gasteiger partial charge in [0.25, 0.3) is 5.69 Å². The molecule has 9 rings (SSSR count). The average Bonchev–Trinajstić information content (AvgIpc) is 3.26. The molecule has 4 aromatic rings. The molecular weight excluding hydrogens is 843 g/mol. The summed E-state index contributed by atoms with van der Waals surface area (Å²) in [7, 11) is 0. The second-order valence-corrected chi connectivity index (χ2v) is 16.9. The lowest BCUT2D eigenvalue weighted by Crippen LogP contribution is -2.45. The van der Waals surface area contributed by atoms with Gasteiger partial charge in [-0.3, -0.25) is 29.3 Å². The van der Waals surface area contributed by atoms with Crippen molar-refractivity contribution in [2.75, 3.05) is 80.3 Å². The van der Waals surface area contributed by atoms with Crippen LogP contribution in [0.15, 0.2) is 48.5 Å². The van der Waals surface area contributed by atoms with Gasteiger partial charge in [-0.15, -0.1) is 0 Å². The van der Waals surface area contributed by atoms with E-state index in [4.69, 9.17) is 14.2 Å². The van der Waals surface area contributed by atoms with Crippen LogP contribution in [-0.2, 0) is 44.9 Å². The van der Waals surface area contributed by atoms with Gasteiger partial charge in [-0.05, 0) is 80.0 Å². The van der Waals surface area contributed by atoms with Crippen LogP contribution in [0.2, 0.25) is 0 Å². The standard InChI is InChI=1S/C47H47N5O13/c53-39(54)23-50(24-40(55)56)35-11-9-27(21-37(35)63-17-18-64-38-22-30(52(61)62)10-12-36(38)51(25-41(57)58)26-42(59)60)43-33-19-28-5-1-13-48-15-3-7-31(44(28)48)46(33)65-47-32-8-4-16-49-14-2-6-29(45(32)49)20-34(43)47/h9-12,19-22H,1-8,13-18,23-26H2,(H3-,53,54,55,56,57,58,59,60)/p+1. The van der Waals surface area contributed by atoms with Crippen LogP contribution in [0.5, 0.6) is 23.0 Å². The molecule has 5 aliphatic heterocycles. The van der Waals surface area contributed by atoms with E-state index in [1.165, 1.54) is 44.3 Å². The van der Waals surface area contributed by atoms with Crippen molar-refractivity contribution in [3.8, 4) is 23.0 Å². The second-order valence-electron chi connectivity index (χ2n) is 16.9. The number of anilines is 3. The quantitative estimate of drug-likeness (QED) is 0.0453. The molecule has 0 spiro atoms. The molecule has 5 aliphatic rings. The zero-order valence-corrected chi connectivity index (χ0v) is 35.5. The Morgan fingerprint density at radius 3 is 1.89 bits per heavy atom. The molecule has 18 heteroatoms. The van der Waals surface area contributed by atoms with Gasteiger partial charge in [0, 0.05) is 65.2 Å². The maximum atomic E-state index is 12.1. The lowest BCUT2D eigenvalue weighted by Gasteiger charge is -2.39. The predicted molar refractivity (Wildman–Crippen MR) is 236 cm³/mol. The van der Waals surface area contributed by atoms with E-state index in [-0.39, 0.29) is 41.8 Å². The molecule has 0 atom stereocenters. The zero-order valence-electron chi connectivity index (χ0n) is 35.5. The molecule has 5 heterocycles. The fourth-order valence-corrected chi connectivity index (χ4v) is 10.3. The number of aliphatic carboxylic acids is 4. The molecule has 338 valence electrons. The second kappa shape index (κ2) is 17.7. The summed E-state index contributed by atoms with van der Waals surface area (Å²) in [5.74, 6) is -3.58. The van der Waals surface area contributed by atoms with Gasteiger partial charge >= 0.3 is 23.9 Å². The Labute approximate surface area is 371 Å². The van der Waals surface area contributed by atoms with Crippen LogP contribution in [-0.4, -0.2) is 115 Å². The van der Waals surface area contributed by atoms with Gasteiger partial charge in [-0.1, -0.05) is 6.07 Å². The highest BCUT2D eigenvalue weighted by atomic mass is 16.6. The summed E-state index contributed by atoms with van der Waals surface area (Å²) in [5.41, 5.74) is 8.51. The number of non-ortho nitro benzene ring substituents is 1. The fraction of sp³-hybridized carbons (Fsp3) is 0.383. The third-order valence-corrected chi connectivity index (χ3v) is 12.7. The monoisotopic (exact) mass is 890 g/mol. The number of hydrogen-bond acceptors (Lipinski definition) is 12. The number of carboxylic acid groups (broad SMARTS) is 4. The third kappa shape index (κ3) is 8.43. The zero-order chi connectivity index (χ0) is 45.5. The number of nitro benzene ring substituents is 1. The minimum Gasteiger partial charge on any atom is -0.488 e. The number of carbonyl (C=O) groups is 4. The van der Waals surface area contributed by atoms with E-state index >= 15 is 0 Å². The number of hydrogen-bond donors (Lipinski definition) is 4. The minimum atomic E-state index is -1.34. The summed E-state index contributed by atoms with van der Waals surface area (Å²) in [6.45, 7) is 0.600. The van der Waals surface area contributed by atoms with Crippen LogP contribution in [0.3, 0.4) is 0 Å². The van der Waals surface area contributed by atoms with Crippen molar-refractivity contribution in [2.24, 2.45) is 0 Å². The molecule has 0 aliphatic carbocycles. The van der Waals surface area contributed by atoms with E-state index < -0.39 is 55.0 Å². The Balaban J connectivity index is 1.17. The van der Waals surface area contributed by atoms with Gasteiger partial charge in [0.15, 0.2) is 0 Å². The van der Waals surface area contributed by atoms with Crippen LogP contribution in [0.4, 0.5) is 22.7 Å². The van der Waals surface area contributed by atoms with Crippen LogP contribution in [0.25, 0.3) is 5.57 Å². The van der Waals surface area contributed by atoms with Crippen molar-refractivity contribution in [1.29, 1.82) is 0 Å². The molecule has 0 saturated carbocycles. The maximum absolute atomic E-state index is 12.1. The summed E-state index contributed by atoms with van der Waals surface area (Å²) >= 11 is 0. The van der Waals surface area contributed by atoms with Crippen LogP contribution in [0, 0.1) is 10.1 Å². The van der Waals surface area contributed by atoms with Crippen molar-refractivity contribution in [1.82, 2.24) is 4.58 Å². The average molecular weight is 891 g/mol. The lowest BCUT2D eigenvalue weighted by atomic mass is 9.82. The van der Waals surface area contributed by atoms with E-state index in [1.807, 2.05) is 6.07 Å². The van der Waals surface area contributed by atoms with Crippen LogP contribution < -0.4 is 44.1 Å². The van der Waals surface area contributed by atoms with Gasteiger partial charge in [0.1, 0.15) is 75.5 Å². The Kier molecular flexibility index (Phi) is 11.7. The van der Waals surface area contributed by atoms with Gasteiger partial charge in [-0.2, -0.15) is 0 Å². The molecule has 18 nitrogen and oxygen atoms in total. The molecule has 0 aromatic heterocycles. The molecule has 0 bridgehead atoms. The van der Waals surface area contributed by atoms with Crippen molar-refractivity contribution >= 4 is 52.2 Å². The lowest BCUT2D eigenvalue weighted by molar-refractivity contribution is -0.384. The number of rotatable bonds is 17. The SMILES string of the molecule is O=C(O)CN(CC(=O)O)c1ccc(C2=c3cc4c5c(c3Oc3c2cc2c6c3CCCN6CCC2)CCC[N+]=5CCC4)cc1OCCOc1cc([N+](=O)[O-])ccc1N(CC(=O)O)CC(=O)O. The topological polar surface area (TPSA) is 233 Å². The van der Waals surface area contributed by atoms with Crippen LogP contribution >= 0.6 is 0 Å². The molecule has 4 aromatic carbocycles. The number of benzene rings is 4. The normalized spacial score (nSPS) is 15.4. The predicted octanol–water partition coefficient (Wildman–Crippen LogP) is 3.44. The van der Waals surface area contributed by atoms with Crippen molar-refractivity contribution in [3.63, 3.8) is 0 Å². The van der Waals surface area contributed by atoms with Gasteiger partial charge < -0.3 is 49.3 Å². The van der Waals surface area contributed by atoms with E-state index in [1.54, 1.807) is 12.1 Å². The van der Waals surface area contributed by atoms with Crippen LogP contribution in [0.1, 0.15) is 59.1 Å². The molecule has 0 unspecified atom stereocenters. The van der Waals surface area contributed by atoms with E-state index in [0.717, 1.165) is 128 Å². The van der Waals surface area contributed by atoms with Crippen molar-refractivity contribution in [3.05, 3.63) is 103 Å². The molecule has 4 N–H and O–H groups in total. The Morgan fingerprint density at radius 2 is 1.26 bits per heavy atom. The Bertz CT molecular complexity index is 2770. The summed E-state index contributed by atoms with van der Waals surface area (Å²) < 4.78 is 22.0. The molecule has 0 amide bonds. The molecule has 0 saturated heterocycles. The highest BCUT2D eigenvalue weighted by Crippen LogP contribution is 2.49. The molecule has 0 fully saturated rings. The summed E-state index contributed by atoms with van der Waals surface area (Å²) in [5, 5.41) is 52.8. The number of aryl methyl sites for hydroxylation is 2. The number of nitro groups is 1. The van der Waals surface area contributed by atoms with Gasteiger partial charge in [-0.25, -0.2) is 4.58 Å².